The normalized spacial score (nSPS) is 19.1. The van der Waals surface area contributed by atoms with E-state index in [1.54, 1.807) is 14.2 Å². The average molecular weight is 230 g/mol. The van der Waals surface area contributed by atoms with Crippen molar-refractivity contribution >= 4 is 0 Å². The fourth-order valence-electron chi connectivity index (χ4n) is 2.04. The first kappa shape index (κ1) is 13.9. The predicted molar refractivity (Wildman–Crippen MR) is 65.9 cm³/mol. The minimum Gasteiger partial charge on any atom is -0.385 e. The molecule has 0 aliphatic carbocycles. The fourth-order valence-corrected chi connectivity index (χ4v) is 2.04. The highest BCUT2D eigenvalue weighted by atomic mass is 16.5. The van der Waals surface area contributed by atoms with Crippen LogP contribution in [0, 0.1) is 0 Å². The first-order valence-corrected chi connectivity index (χ1v) is 6.29. The molecule has 0 amide bonds. The Labute approximate surface area is 99.5 Å². The summed E-state index contributed by atoms with van der Waals surface area (Å²) in [6.07, 6.45) is 2.44. The number of ether oxygens (including phenoxy) is 2. The molecule has 0 spiro atoms. The van der Waals surface area contributed by atoms with Gasteiger partial charge in [-0.15, -0.1) is 0 Å². The van der Waals surface area contributed by atoms with Gasteiger partial charge in [-0.2, -0.15) is 0 Å². The van der Waals surface area contributed by atoms with Crippen molar-refractivity contribution in [1.29, 1.82) is 0 Å². The van der Waals surface area contributed by atoms with Gasteiger partial charge in [0.25, 0.3) is 0 Å². The molecule has 1 heterocycles. The van der Waals surface area contributed by atoms with Crippen LogP contribution in [0.1, 0.15) is 12.8 Å². The van der Waals surface area contributed by atoms with Crippen LogP contribution in [0.15, 0.2) is 0 Å². The Morgan fingerprint density at radius 2 is 1.31 bits per heavy atom. The van der Waals surface area contributed by atoms with Gasteiger partial charge in [0.05, 0.1) is 6.61 Å². The van der Waals surface area contributed by atoms with Crippen LogP contribution in [-0.4, -0.2) is 76.5 Å². The molecule has 0 aromatic rings. The number of hydrogen-bond donors (Lipinski definition) is 0. The summed E-state index contributed by atoms with van der Waals surface area (Å²) in [5.41, 5.74) is 0. The van der Waals surface area contributed by atoms with Gasteiger partial charge in [0, 0.05) is 53.6 Å². The van der Waals surface area contributed by atoms with Crippen molar-refractivity contribution in [3.05, 3.63) is 0 Å². The Kier molecular flexibility index (Phi) is 7.76. The summed E-state index contributed by atoms with van der Waals surface area (Å²) in [5.74, 6) is 0. The maximum absolute atomic E-state index is 5.09. The monoisotopic (exact) mass is 230 g/mol. The Balaban J connectivity index is 1.98. The third kappa shape index (κ3) is 5.80. The first-order chi connectivity index (χ1) is 7.86. The highest BCUT2D eigenvalue weighted by Gasteiger charge is 2.15. The molecular formula is C12H26N2O2. The Morgan fingerprint density at radius 3 is 1.88 bits per heavy atom. The van der Waals surface area contributed by atoms with Gasteiger partial charge in [0.2, 0.25) is 0 Å². The number of rotatable bonds is 8. The van der Waals surface area contributed by atoms with E-state index in [0.29, 0.717) is 0 Å². The number of unbranched alkanes of at least 4 members (excludes halogenated alkanes) is 1. The largest absolute Gasteiger partial charge is 0.385 e. The lowest BCUT2D eigenvalue weighted by atomic mass is 10.2. The van der Waals surface area contributed by atoms with Crippen molar-refractivity contribution in [2.24, 2.45) is 0 Å². The standard InChI is InChI=1S/C12H26N2O2/c1-15-11-4-3-5-13-6-8-14(9-7-13)10-12-16-2/h3-12H2,1-2H3. The second kappa shape index (κ2) is 8.93. The van der Waals surface area contributed by atoms with Crippen LogP contribution < -0.4 is 0 Å². The number of nitrogens with zero attached hydrogens (tertiary/aromatic N) is 2. The lowest BCUT2D eigenvalue weighted by molar-refractivity contribution is 0.0945. The number of piperazine rings is 1. The topological polar surface area (TPSA) is 24.9 Å². The summed E-state index contributed by atoms with van der Waals surface area (Å²) in [6.45, 7) is 8.84. The lowest BCUT2D eigenvalue weighted by Gasteiger charge is -2.34. The van der Waals surface area contributed by atoms with E-state index in [4.69, 9.17) is 9.47 Å². The van der Waals surface area contributed by atoms with Crippen molar-refractivity contribution in [2.75, 3.05) is 66.7 Å². The van der Waals surface area contributed by atoms with Crippen molar-refractivity contribution in [3.8, 4) is 0 Å². The van der Waals surface area contributed by atoms with Gasteiger partial charge in [0.1, 0.15) is 0 Å². The third-order valence-electron chi connectivity index (χ3n) is 3.15. The van der Waals surface area contributed by atoms with Crippen molar-refractivity contribution in [3.63, 3.8) is 0 Å². The van der Waals surface area contributed by atoms with Crippen molar-refractivity contribution < 1.29 is 9.47 Å². The van der Waals surface area contributed by atoms with E-state index in [-0.39, 0.29) is 0 Å². The maximum atomic E-state index is 5.09. The maximum Gasteiger partial charge on any atom is 0.0589 e. The van der Waals surface area contributed by atoms with Crippen LogP contribution in [0.25, 0.3) is 0 Å². The summed E-state index contributed by atoms with van der Waals surface area (Å²) in [6, 6.07) is 0. The minimum atomic E-state index is 0.855. The summed E-state index contributed by atoms with van der Waals surface area (Å²) in [7, 11) is 3.54. The zero-order valence-corrected chi connectivity index (χ0v) is 10.8. The van der Waals surface area contributed by atoms with E-state index >= 15 is 0 Å². The zero-order valence-electron chi connectivity index (χ0n) is 10.8. The zero-order chi connectivity index (χ0) is 11.6. The average Bonchev–Trinajstić information content (AvgIpc) is 2.33. The van der Waals surface area contributed by atoms with E-state index in [1.165, 1.54) is 45.6 Å². The van der Waals surface area contributed by atoms with E-state index in [9.17, 15) is 0 Å². The van der Waals surface area contributed by atoms with Crippen molar-refractivity contribution in [2.45, 2.75) is 12.8 Å². The Bertz CT molecular complexity index is 159. The molecule has 1 aliphatic rings. The number of hydrogen-bond acceptors (Lipinski definition) is 4. The molecule has 0 aromatic heterocycles. The molecule has 0 radical (unpaired) electrons. The second-order valence-corrected chi connectivity index (χ2v) is 4.38. The molecule has 16 heavy (non-hydrogen) atoms. The van der Waals surface area contributed by atoms with E-state index in [0.717, 1.165) is 19.8 Å². The van der Waals surface area contributed by atoms with Crippen LogP contribution in [-0.2, 0) is 9.47 Å². The summed E-state index contributed by atoms with van der Waals surface area (Å²) in [4.78, 5) is 5.04. The molecule has 0 bridgehead atoms. The second-order valence-electron chi connectivity index (χ2n) is 4.38. The summed E-state index contributed by atoms with van der Waals surface area (Å²) < 4.78 is 10.1. The minimum absolute atomic E-state index is 0.855. The Hall–Kier alpha value is -0.160. The molecule has 0 atom stereocenters. The first-order valence-electron chi connectivity index (χ1n) is 6.29. The molecule has 1 aliphatic heterocycles. The summed E-state index contributed by atoms with van der Waals surface area (Å²) in [5, 5.41) is 0. The number of methoxy groups -OCH3 is 2. The van der Waals surface area contributed by atoms with Gasteiger partial charge in [-0.3, -0.25) is 4.90 Å². The quantitative estimate of drug-likeness (QED) is 0.572. The molecule has 0 aromatic carbocycles. The van der Waals surface area contributed by atoms with Crippen LogP contribution in [0.5, 0.6) is 0 Å². The van der Waals surface area contributed by atoms with Crippen LogP contribution in [0.2, 0.25) is 0 Å². The Morgan fingerprint density at radius 1 is 0.750 bits per heavy atom. The molecule has 0 N–H and O–H groups in total. The van der Waals surface area contributed by atoms with Gasteiger partial charge in [-0.1, -0.05) is 0 Å². The van der Waals surface area contributed by atoms with Gasteiger partial charge in [-0.25, -0.2) is 0 Å². The smallest absolute Gasteiger partial charge is 0.0589 e. The van der Waals surface area contributed by atoms with Crippen molar-refractivity contribution in [1.82, 2.24) is 9.80 Å². The molecule has 1 rings (SSSR count). The molecule has 4 heteroatoms. The lowest BCUT2D eigenvalue weighted by Crippen LogP contribution is -2.47. The van der Waals surface area contributed by atoms with E-state index < -0.39 is 0 Å². The highest BCUT2D eigenvalue weighted by molar-refractivity contribution is 4.71. The third-order valence-corrected chi connectivity index (χ3v) is 3.15. The van der Waals surface area contributed by atoms with Crippen LogP contribution >= 0.6 is 0 Å². The van der Waals surface area contributed by atoms with E-state index in [2.05, 4.69) is 9.80 Å². The fraction of sp³-hybridized carbons (Fsp3) is 1.00. The molecule has 0 saturated carbocycles. The molecular weight excluding hydrogens is 204 g/mol. The summed E-state index contributed by atoms with van der Waals surface area (Å²) >= 11 is 0. The molecule has 96 valence electrons. The molecule has 1 saturated heterocycles. The van der Waals surface area contributed by atoms with Crippen LogP contribution in [0.3, 0.4) is 0 Å². The predicted octanol–water partition coefficient (Wildman–Crippen LogP) is 0.677. The van der Waals surface area contributed by atoms with Crippen LogP contribution in [0.4, 0.5) is 0 Å². The van der Waals surface area contributed by atoms with Gasteiger partial charge >= 0.3 is 0 Å². The SMILES string of the molecule is COCCCCN1CCN(CCOC)CC1. The molecule has 0 unspecified atom stereocenters. The van der Waals surface area contributed by atoms with Gasteiger partial charge < -0.3 is 14.4 Å². The van der Waals surface area contributed by atoms with Gasteiger partial charge in [0.15, 0.2) is 0 Å². The van der Waals surface area contributed by atoms with Gasteiger partial charge in [-0.05, 0) is 19.4 Å². The molecule has 1 fully saturated rings. The molecule has 4 nitrogen and oxygen atoms in total. The highest BCUT2D eigenvalue weighted by Crippen LogP contribution is 2.03. The van der Waals surface area contributed by atoms with E-state index in [1.807, 2.05) is 0 Å².